The second kappa shape index (κ2) is 5.72. The van der Waals surface area contributed by atoms with Gasteiger partial charge in [0, 0.05) is 22.7 Å². The fraction of sp³-hybridized carbons (Fsp3) is 0.400. The summed E-state index contributed by atoms with van der Waals surface area (Å²) >= 11 is 3.17. The van der Waals surface area contributed by atoms with E-state index in [1.807, 2.05) is 6.92 Å². The zero-order chi connectivity index (χ0) is 13.0. The lowest BCUT2D eigenvalue weighted by Crippen LogP contribution is -2.14. The Morgan fingerprint density at radius 1 is 1.65 bits per heavy atom. The van der Waals surface area contributed by atoms with Crippen molar-refractivity contribution in [1.82, 2.24) is 4.98 Å². The van der Waals surface area contributed by atoms with Crippen LogP contribution in [0.25, 0.3) is 0 Å². The molecule has 0 unspecified atom stereocenters. The Kier molecular flexibility index (Phi) is 4.56. The molecule has 0 bridgehead atoms. The van der Waals surface area contributed by atoms with Crippen LogP contribution in [0.5, 0.6) is 0 Å². The molecular formula is C10H12BrN3O3. The second-order valence-corrected chi connectivity index (χ2v) is 4.34. The van der Waals surface area contributed by atoms with Crippen molar-refractivity contribution in [3.05, 3.63) is 26.3 Å². The monoisotopic (exact) mass is 301 g/mol. The number of halogens is 1. The molecule has 1 rings (SSSR count). The third kappa shape index (κ3) is 3.23. The number of hydrogen-bond donors (Lipinski definition) is 1. The lowest BCUT2D eigenvalue weighted by molar-refractivity contribution is -0.384. The first-order valence-corrected chi connectivity index (χ1v) is 5.86. The van der Waals surface area contributed by atoms with Crippen molar-refractivity contribution in [3.63, 3.8) is 0 Å². The number of nitro groups is 1. The Bertz CT molecular complexity index is 462. The van der Waals surface area contributed by atoms with Gasteiger partial charge in [0.05, 0.1) is 4.92 Å². The van der Waals surface area contributed by atoms with Gasteiger partial charge in [-0.15, -0.1) is 0 Å². The van der Waals surface area contributed by atoms with Gasteiger partial charge in [0.25, 0.3) is 0 Å². The Balaban J connectivity index is 3.11. The summed E-state index contributed by atoms with van der Waals surface area (Å²) in [5.74, 6) is -0.279. The van der Waals surface area contributed by atoms with Crippen LogP contribution in [-0.4, -0.2) is 15.8 Å². The van der Waals surface area contributed by atoms with E-state index in [-0.39, 0.29) is 17.4 Å². The smallest absolute Gasteiger partial charge is 0.305 e. The minimum absolute atomic E-state index is 0.00542. The molecule has 0 aliphatic carbocycles. The summed E-state index contributed by atoms with van der Waals surface area (Å²) in [6.07, 6.45) is 2.42. The van der Waals surface area contributed by atoms with E-state index < -0.39 is 4.92 Å². The highest BCUT2D eigenvalue weighted by molar-refractivity contribution is 9.10. The van der Waals surface area contributed by atoms with Crippen LogP contribution in [0.15, 0.2) is 10.7 Å². The molecule has 17 heavy (non-hydrogen) atoms. The molecule has 0 atom stereocenters. The van der Waals surface area contributed by atoms with Crippen molar-refractivity contribution in [2.45, 2.75) is 26.7 Å². The summed E-state index contributed by atoms with van der Waals surface area (Å²) in [6, 6.07) is 0. The maximum atomic E-state index is 11.4. The van der Waals surface area contributed by atoms with Gasteiger partial charge in [0.2, 0.25) is 11.7 Å². The number of rotatable bonds is 4. The molecule has 0 spiro atoms. The normalized spacial score (nSPS) is 10.1. The fourth-order valence-corrected chi connectivity index (χ4v) is 1.60. The van der Waals surface area contributed by atoms with Gasteiger partial charge in [-0.05, 0) is 29.3 Å². The highest BCUT2D eigenvalue weighted by Crippen LogP contribution is 2.31. The number of carbonyl (C=O) groups is 1. The number of carbonyl (C=O) groups excluding carboxylic acids is 1. The Hall–Kier alpha value is -1.50. The molecule has 1 heterocycles. The van der Waals surface area contributed by atoms with Gasteiger partial charge < -0.3 is 5.32 Å². The predicted octanol–water partition coefficient (Wildman–Crippen LogP) is 2.80. The highest BCUT2D eigenvalue weighted by atomic mass is 79.9. The van der Waals surface area contributed by atoms with Crippen LogP contribution in [0.4, 0.5) is 11.5 Å². The molecule has 0 aliphatic heterocycles. The molecule has 0 saturated carbocycles. The van der Waals surface area contributed by atoms with Crippen molar-refractivity contribution in [1.29, 1.82) is 0 Å². The highest BCUT2D eigenvalue weighted by Gasteiger charge is 2.22. The van der Waals surface area contributed by atoms with Gasteiger partial charge >= 0.3 is 5.69 Å². The number of pyridine rings is 1. The van der Waals surface area contributed by atoms with Crippen LogP contribution in [0.2, 0.25) is 0 Å². The van der Waals surface area contributed by atoms with E-state index >= 15 is 0 Å². The third-order valence-corrected chi connectivity index (χ3v) is 2.96. The number of aromatic nitrogens is 1. The number of nitrogens with zero attached hydrogens (tertiary/aromatic N) is 2. The molecule has 92 valence electrons. The van der Waals surface area contributed by atoms with Crippen LogP contribution in [0.3, 0.4) is 0 Å². The van der Waals surface area contributed by atoms with Crippen molar-refractivity contribution in [2.75, 3.05) is 5.32 Å². The van der Waals surface area contributed by atoms with E-state index in [1.165, 1.54) is 6.20 Å². The number of anilines is 1. The maximum Gasteiger partial charge on any atom is 0.315 e. The summed E-state index contributed by atoms with van der Waals surface area (Å²) < 4.78 is 0.540. The lowest BCUT2D eigenvalue weighted by Gasteiger charge is -2.07. The molecule has 1 amide bonds. The van der Waals surface area contributed by atoms with Crippen molar-refractivity contribution in [3.8, 4) is 0 Å². The molecule has 6 nitrogen and oxygen atoms in total. The maximum absolute atomic E-state index is 11.4. The molecule has 0 saturated heterocycles. The molecule has 1 N–H and O–H groups in total. The SMILES string of the molecule is CCCC(=O)Nc1ncc(Br)c(C)c1[N+](=O)[O-]. The van der Waals surface area contributed by atoms with Crippen molar-refractivity contribution >= 4 is 33.3 Å². The first-order chi connectivity index (χ1) is 7.97. The quantitative estimate of drug-likeness (QED) is 0.684. The van der Waals surface area contributed by atoms with Crippen LogP contribution < -0.4 is 5.32 Å². The van der Waals surface area contributed by atoms with E-state index in [9.17, 15) is 14.9 Å². The van der Waals surface area contributed by atoms with E-state index in [4.69, 9.17) is 0 Å². The summed E-state index contributed by atoms with van der Waals surface area (Å²) in [6.45, 7) is 3.45. The van der Waals surface area contributed by atoms with E-state index in [1.54, 1.807) is 6.92 Å². The zero-order valence-corrected chi connectivity index (χ0v) is 11.1. The first kappa shape index (κ1) is 13.6. The molecule has 1 aromatic heterocycles. The third-order valence-electron chi connectivity index (χ3n) is 2.16. The van der Waals surface area contributed by atoms with Gasteiger partial charge in [-0.1, -0.05) is 6.92 Å². The van der Waals surface area contributed by atoms with E-state index in [0.29, 0.717) is 22.9 Å². The van der Waals surface area contributed by atoms with Gasteiger partial charge in [-0.25, -0.2) is 4.98 Å². The second-order valence-electron chi connectivity index (χ2n) is 3.48. The Labute approximate surface area is 107 Å². The summed E-state index contributed by atoms with van der Waals surface area (Å²) in [5.41, 5.74) is 0.264. The zero-order valence-electron chi connectivity index (χ0n) is 9.49. The van der Waals surface area contributed by atoms with Crippen molar-refractivity contribution in [2.24, 2.45) is 0 Å². The largest absolute Gasteiger partial charge is 0.315 e. The number of amides is 1. The van der Waals surface area contributed by atoms with Gasteiger partial charge in [-0.2, -0.15) is 0 Å². The summed E-state index contributed by atoms with van der Waals surface area (Å²) in [5, 5.41) is 13.4. The lowest BCUT2D eigenvalue weighted by atomic mass is 10.2. The molecule has 1 aromatic rings. The molecule has 0 fully saturated rings. The Morgan fingerprint density at radius 2 is 2.29 bits per heavy atom. The van der Waals surface area contributed by atoms with E-state index in [0.717, 1.165) is 0 Å². The summed E-state index contributed by atoms with van der Waals surface area (Å²) in [4.78, 5) is 25.6. The Morgan fingerprint density at radius 3 is 2.82 bits per heavy atom. The van der Waals surface area contributed by atoms with Crippen LogP contribution in [0.1, 0.15) is 25.3 Å². The molecule has 7 heteroatoms. The minimum Gasteiger partial charge on any atom is -0.305 e. The van der Waals surface area contributed by atoms with Crippen LogP contribution >= 0.6 is 15.9 Å². The van der Waals surface area contributed by atoms with Gasteiger partial charge in [0.15, 0.2) is 0 Å². The first-order valence-electron chi connectivity index (χ1n) is 5.06. The topological polar surface area (TPSA) is 85.1 Å². The van der Waals surface area contributed by atoms with E-state index in [2.05, 4.69) is 26.2 Å². The molecular weight excluding hydrogens is 290 g/mol. The molecule has 0 aliphatic rings. The van der Waals surface area contributed by atoms with Crippen molar-refractivity contribution < 1.29 is 9.72 Å². The molecule has 0 radical (unpaired) electrons. The van der Waals surface area contributed by atoms with Crippen LogP contribution in [-0.2, 0) is 4.79 Å². The number of nitrogens with one attached hydrogen (secondary N) is 1. The average Bonchev–Trinajstić information content (AvgIpc) is 2.23. The standard InChI is InChI=1S/C10H12BrN3O3/c1-3-4-8(15)13-10-9(14(16)17)6(2)7(11)5-12-10/h5H,3-4H2,1-2H3,(H,12,13,15). The average molecular weight is 302 g/mol. The fourth-order valence-electron chi connectivity index (χ4n) is 1.31. The summed E-state index contributed by atoms with van der Waals surface area (Å²) in [7, 11) is 0. The number of hydrogen-bond acceptors (Lipinski definition) is 4. The molecule has 0 aromatic carbocycles. The van der Waals surface area contributed by atoms with Gasteiger partial charge in [-0.3, -0.25) is 14.9 Å². The predicted molar refractivity (Wildman–Crippen MR) is 66.9 cm³/mol. The van der Waals surface area contributed by atoms with Crippen LogP contribution in [0, 0.1) is 17.0 Å². The minimum atomic E-state index is -0.547. The van der Waals surface area contributed by atoms with Gasteiger partial charge in [0.1, 0.15) is 0 Å².